The number of piperazine rings is 1. The predicted octanol–water partition coefficient (Wildman–Crippen LogP) is 5.35. The van der Waals surface area contributed by atoms with E-state index in [1.54, 1.807) is 0 Å². The summed E-state index contributed by atoms with van der Waals surface area (Å²) >= 11 is 0. The van der Waals surface area contributed by atoms with Gasteiger partial charge in [0.15, 0.2) is 0 Å². The Balaban J connectivity index is 1.56. The maximum absolute atomic E-state index is 6.26. The van der Waals surface area contributed by atoms with Crippen molar-refractivity contribution in [2.24, 2.45) is 5.41 Å². The number of hydrogen-bond acceptors (Lipinski definition) is 6. The van der Waals surface area contributed by atoms with Gasteiger partial charge >= 0.3 is 0 Å². The molecule has 2 fully saturated rings. The van der Waals surface area contributed by atoms with Gasteiger partial charge in [0, 0.05) is 56.5 Å². The topological polar surface area (TPSA) is 46.2 Å². The molecule has 1 saturated carbocycles. The number of rotatable bonds is 15. The molecule has 0 aromatic rings. The fraction of sp³-hybridized carbons (Fsp3) is 1.00. The molecule has 1 N–H and O–H groups in total. The highest BCUT2D eigenvalue weighted by Crippen LogP contribution is 2.28. The smallest absolute Gasteiger partial charge is 0.0707 e. The molecule has 1 heterocycles. The molecule has 6 heteroatoms. The Labute approximate surface area is 224 Å². The van der Waals surface area contributed by atoms with Crippen molar-refractivity contribution in [1.29, 1.82) is 0 Å². The van der Waals surface area contributed by atoms with Crippen LogP contribution in [-0.2, 0) is 14.2 Å². The van der Waals surface area contributed by atoms with E-state index in [2.05, 4.69) is 84.4 Å². The lowest BCUT2D eigenvalue weighted by Crippen LogP contribution is -2.55. The Hall–Kier alpha value is -0.240. The standard InChI is InChI=1S/C30H61N3O3/c1-27(2,3)13-19-34-20-18-32-14-16-33(17-15-32)29(7,8)11-12-30(9,10)36-22-21-35-26-23-25(24-26)31-28(4,5)6/h25-26,31H,11-24H2,1-10H3. The Morgan fingerprint density at radius 3 is 1.94 bits per heavy atom. The zero-order chi connectivity index (χ0) is 27.0. The highest BCUT2D eigenvalue weighted by molar-refractivity contribution is 4.90. The third kappa shape index (κ3) is 13.0. The van der Waals surface area contributed by atoms with Crippen molar-refractivity contribution in [2.45, 2.75) is 130 Å². The van der Waals surface area contributed by atoms with Crippen molar-refractivity contribution in [3.05, 3.63) is 0 Å². The van der Waals surface area contributed by atoms with Crippen LogP contribution in [0, 0.1) is 5.41 Å². The lowest BCUT2D eigenvalue weighted by atomic mass is 9.87. The molecule has 0 atom stereocenters. The molecule has 2 rings (SSSR count). The van der Waals surface area contributed by atoms with Crippen LogP contribution in [0.15, 0.2) is 0 Å². The highest BCUT2D eigenvalue weighted by Gasteiger charge is 2.33. The van der Waals surface area contributed by atoms with Crippen molar-refractivity contribution < 1.29 is 14.2 Å². The van der Waals surface area contributed by atoms with Gasteiger partial charge in [-0.3, -0.25) is 9.80 Å². The molecule has 214 valence electrons. The van der Waals surface area contributed by atoms with Gasteiger partial charge < -0.3 is 19.5 Å². The first-order valence-electron chi connectivity index (χ1n) is 14.6. The molecule has 0 aromatic heterocycles. The number of nitrogens with zero attached hydrogens (tertiary/aromatic N) is 2. The van der Waals surface area contributed by atoms with E-state index in [9.17, 15) is 0 Å². The van der Waals surface area contributed by atoms with E-state index in [4.69, 9.17) is 14.2 Å². The summed E-state index contributed by atoms with van der Waals surface area (Å²) in [5.74, 6) is 0. The van der Waals surface area contributed by atoms with E-state index in [1.165, 1.54) is 0 Å². The van der Waals surface area contributed by atoms with Crippen LogP contribution in [0.5, 0.6) is 0 Å². The molecule has 2 aliphatic rings. The second-order valence-electron chi connectivity index (χ2n) is 14.7. The highest BCUT2D eigenvalue weighted by atomic mass is 16.5. The van der Waals surface area contributed by atoms with Crippen molar-refractivity contribution in [3.8, 4) is 0 Å². The van der Waals surface area contributed by atoms with E-state index in [-0.39, 0.29) is 16.7 Å². The van der Waals surface area contributed by atoms with Gasteiger partial charge in [-0.25, -0.2) is 0 Å². The maximum atomic E-state index is 6.26. The molecular formula is C30H61N3O3. The summed E-state index contributed by atoms with van der Waals surface area (Å²) in [6.07, 6.45) is 5.95. The van der Waals surface area contributed by atoms with Gasteiger partial charge in [0.2, 0.25) is 0 Å². The average molecular weight is 512 g/mol. The summed E-state index contributed by atoms with van der Waals surface area (Å²) in [5, 5.41) is 3.65. The van der Waals surface area contributed by atoms with Crippen LogP contribution >= 0.6 is 0 Å². The average Bonchev–Trinajstić information content (AvgIpc) is 2.72. The number of hydrogen-bond donors (Lipinski definition) is 1. The summed E-state index contributed by atoms with van der Waals surface area (Å²) < 4.78 is 18.2. The normalized spacial score (nSPS) is 23.2. The molecular weight excluding hydrogens is 450 g/mol. The first kappa shape index (κ1) is 32.0. The molecule has 1 aliphatic heterocycles. The Kier molecular flexibility index (Phi) is 12.2. The molecule has 0 unspecified atom stereocenters. The van der Waals surface area contributed by atoms with E-state index >= 15 is 0 Å². The minimum absolute atomic E-state index is 0.122. The SMILES string of the molecule is CC(C)(C)CCOCCN1CCN(C(C)(C)CCC(C)(C)OCCOC2CC(NC(C)(C)C)C2)CC1. The van der Waals surface area contributed by atoms with Crippen molar-refractivity contribution >= 4 is 0 Å². The first-order valence-corrected chi connectivity index (χ1v) is 14.6. The van der Waals surface area contributed by atoms with Crippen LogP contribution in [0.1, 0.15) is 101 Å². The Morgan fingerprint density at radius 1 is 0.722 bits per heavy atom. The summed E-state index contributed by atoms with van der Waals surface area (Å²) in [6.45, 7) is 31.4. The zero-order valence-corrected chi connectivity index (χ0v) is 25.7. The lowest BCUT2D eigenvalue weighted by molar-refractivity contribution is -0.0877. The van der Waals surface area contributed by atoms with Crippen LogP contribution in [0.25, 0.3) is 0 Å². The fourth-order valence-corrected chi connectivity index (χ4v) is 5.05. The van der Waals surface area contributed by atoms with Gasteiger partial charge in [-0.2, -0.15) is 0 Å². The van der Waals surface area contributed by atoms with Crippen molar-refractivity contribution in [1.82, 2.24) is 15.1 Å². The van der Waals surface area contributed by atoms with Crippen LogP contribution in [0.2, 0.25) is 0 Å². The van der Waals surface area contributed by atoms with Crippen LogP contribution in [0.3, 0.4) is 0 Å². The van der Waals surface area contributed by atoms with Gasteiger partial charge in [0.25, 0.3) is 0 Å². The van der Waals surface area contributed by atoms with E-state index < -0.39 is 0 Å². The van der Waals surface area contributed by atoms with E-state index in [1.807, 2.05) is 0 Å². The molecule has 0 bridgehead atoms. The summed E-state index contributed by atoms with van der Waals surface area (Å²) in [7, 11) is 0. The molecule has 6 nitrogen and oxygen atoms in total. The maximum Gasteiger partial charge on any atom is 0.0707 e. The number of ether oxygens (including phenoxy) is 3. The van der Waals surface area contributed by atoms with Gasteiger partial charge in [0.05, 0.1) is 31.5 Å². The van der Waals surface area contributed by atoms with Crippen LogP contribution in [-0.4, -0.2) is 97.8 Å². The van der Waals surface area contributed by atoms with Gasteiger partial charge in [-0.05, 0) is 86.0 Å². The van der Waals surface area contributed by atoms with E-state index in [0.29, 0.717) is 30.8 Å². The van der Waals surface area contributed by atoms with Gasteiger partial charge in [0.1, 0.15) is 0 Å². The van der Waals surface area contributed by atoms with Crippen LogP contribution in [0.4, 0.5) is 0 Å². The molecule has 0 radical (unpaired) electrons. The lowest BCUT2D eigenvalue weighted by Gasteiger charge is -2.45. The van der Waals surface area contributed by atoms with Crippen molar-refractivity contribution in [2.75, 3.05) is 59.2 Å². The zero-order valence-electron chi connectivity index (χ0n) is 25.7. The molecule has 1 saturated heterocycles. The fourth-order valence-electron chi connectivity index (χ4n) is 5.05. The quantitative estimate of drug-likeness (QED) is 0.299. The summed E-state index contributed by atoms with van der Waals surface area (Å²) in [6, 6.07) is 0.600. The number of nitrogens with one attached hydrogen (secondary N) is 1. The second-order valence-corrected chi connectivity index (χ2v) is 14.7. The predicted molar refractivity (Wildman–Crippen MR) is 152 cm³/mol. The molecule has 36 heavy (non-hydrogen) atoms. The monoisotopic (exact) mass is 511 g/mol. The van der Waals surface area contributed by atoms with E-state index in [0.717, 1.165) is 78.0 Å². The second kappa shape index (κ2) is 13.7. The van der Waals surface area contributed by atoms with Gasteiger partial charge in [-0.1, -0.05) is 20.8 Å². The van der Waals surface area contributed by atoms with Crippen LogP contribution < -0.4 is 5.32 Å². The third-order valence-electron chi connectivity index (χ3n) is 7.78. The van der Waals surface area contributed by atoms with Crippen molar-refractivity contribution in [3.63, 3.8) is 0 Å². The molecule has 0 amide bonds. The minimum Gasteiger partial charge on any atom is -0.380 e. The minimum atomic E-state index is -0.122. The molecule has 0 spiro atoms. The largest absolute Gasteiger partial charge is 0.380 e. The summed E-state index contributed by atoms with van der Waals surface area (Å²) in [4.78, 5) is 5.22. The molecule has 1 aliphatic carbocycles. The third-order valence-corrected chi connectivity index (χ3v) is 7.78. The Bertz CT molecular complexity index is 610. The first-order chi connectivity index (χ1) is 16.5. The Morgan fingerprint density at radius 2 is 1.36 bits per heavy atom. The summed E-state index contributed by atoms with van der Waals surface area (Å²) in [5.41, 5.74) is 0.607. The van der Waals surface area contributed by atoms with Gasteiger partial charge in [-0.15, -0.1) is 0 Å². The molecule has 0 aromatic carbocycles.